The van der Waals surface area contributed by atoms with Crippen LogP contribution in [0.3, 0.4) is 0 Å². The molecule has 19 heavy (non-hydrogen) atoms. The molecule has 0 aliphatic carbocycles. The minimum atomic E-state index is -0.793. The van der Waals surface area contributed by atoms with Crippen LogP contribution in [0.1, 0.15) is 25.3 Å². The summed E-state index contributed by atoms with van der Waals surface area (Å²) in [4.78, 5) is 20.6. The first-order valence-corrected chi connectivity index (χ1v) is 6.11. The summed E-state index contributed by atoms with van der Waals surface area (Å²) in [6.07, 6.45) is 0.760. The number of benzene rings is 1. The average Bonchev–Trinajstić information content (AvgIpc) is 2.34. The lowest BCUT2D eigenvalue weighted by molar-refractivity contribution is -0.384. The second kappa shape index (κ2) is 6.72. The number of nitro groups is 1. The molecule has 0 bridgehead atoms. The second-order valence-corrected chi connectivity index (χ2v) is 4.67. The fourth-order valence-electron chi connectivity index (χ4n) is 1.72. The summed E-state index contributed by atoms with van der Waals surface area (Å²) >= 11 is 0. The highest BCUT2D eigenvalue weighted by atomic mass is 16.6. The number of nitro benzene ring substituents is 1. The molecule has 6 nitrogen and oxygen atoms in total. The van der Waals surface area contributed by atoms with Crippen LogP contribution in [0.5, 0.6) is 0 Å². The monoisotopic (exact) mass is 266 g/mol. The molecule has 0 aromatic heterocycles. The molecule has 1 rings (SSSR count). The Hall–Kier alpha value is -2.11. The van der Waals surface area contributed by atoms with E-state index in [1.54, 1.807) is 13.0 Å². The molecule has 0 radical (unpaired) electrons. The predicted molar refractivity (Wildman–Crippen MR) is 72.4 cm³/mol. The fourth-order valence-corrected chi connectivity index (χ4v) is 1.72. The molecule has 0 amide bonds. The summed E-state index contributed by atoms with van der Waals surface area (Å²) in [6, 6.07) is 4.65. The third-order valence-corrected chi connectivity index (χ3v) is 2.91. The number of nitrogens with one attached hydrogen (secondary N) is 1. The van der Waals surface area contributed by atoms with Crippen molar-refractivity contribution in [2.45, 2.75) is 26.7 Å². The van der Waals surface area contributed by atoms with Crippen LogP contribution in [0, 0.1) is 23.0 Å². The maximum atomic E-state index is 10.6. The van der Waals surface area contributed by atoms with Crippen molar-refractivity contribution >= 4 is 17.3 Å². The van der Waals surface area contributed by atoms with Crippen LogP contribution >= 0.6 is 0 Å². The van der Waals surface area contributed by atoms with Crippen molar-refractivity contribution < 1.29 is 14.8 Å². The molecule has 1 unspecified atom stereocenters. The fraction of sp³-hybridized carbons (Fsp3) is 0.462. The highest BCUT2D eigenvalue weighted by molar-refractivity contribution is 5.66. The third-order valence-electron chi connectivity index (χ3n) is 2.91. The topological polar surface area (TPSA) is 92.5 Å². The first-order valence-electron chi connectivity index (χ1n) is 6.11. The Morgan fingerprint density at radius 2 is 2.21 bits per heavy atom. The number of aryl methyl sites for hydroxylation is 1. The highest BCUT2D eigenvalue weighted by Crippen LogP contribution is 2.21. The minimum Gasteiger partial charge on any atom is -0.481 e. The normalized spacial score (nSPS) is 11.9. The second-order valence-electron chi connectivity index (χ2n) is 4.67. The van der Waals surface area contributed by atoms with Gasteiger partial charge in [-0.2, -0.15) is 0 Å². The van der Waals surface area contributed by atoms with Crippen molar-refractivity contribution in [3.8, 4) is 0 Å². The molecule has 0 heterocycles. The lowest BCUT2D eigenvalue weighted by Crippen LogP contribution is -2.13. The van der Waals surface area contributed by atoms with E-state index in [4.69, 9.17) is 5.11 Å². The molecule has 104 valence electrons. The van der Waals surface area contributed by atoms with E-state index >= 15 is 0 Å². The van der Waals surface area contributed by atoms with Crippen molar-refractivity contribution in [2.75, 3.05) is 11.9 Å². The Morgan fingerprint density at radius 3 is 2.74 bits per heavy atom. The number of aliphatic carboxylic acids is 1. The van der Waals surface area contributed by atoms with Crippen LogP contribution in [0.4, 0.5) is 11.4 Å². The van der Waals surface area contributed by atoms with Gasteiger partial charge in [-0.25, -0.2) is 0 Å². The molecular formula is C13H18N2O4. The van der Waals surface area contributed by atoms with Gasteiger partial charge in [-0.1, -0.05) is 6.92 Å². The number of carbonyl (C=O) groups is 1. The SMILES string of the molecule is Cc1cc([N+](=O)[O-])ccc1NCC(C)CCC(=O)O. The number of hydrogen-bond acceptors (Lipinski definition) is 4. The molecule has 6 heteroatoms. The molecule has 1 aromatic rings. The third kappa shape index (κ3) is 4.95. The zero-order chi connectivity index (χ0) is 14.4. The predicted octanol–water partition coefficient (Wildman–Crippen LogP) is 2.82. The van der Waals surface area contributed by atoms with Gasteiger partial charge < -0.3 is 10.4 Å². The number of anilines is 1. The number of rotatable bonds is 7. The van der Waals surface area contributed by atoms with Crippen LogP contribution in [-0.4, -0.2) is 22.5 Å². The Labute approximate surface area is 111 Å². The quantitative estimate of drug-likeness (QED) is 0.584. The average molecular weight is 266 g/mol. The Bertz CT molecular complexity index is 474. The van der Waals surface area contributed by atoms with E-state index in [-0.39, 0.29) is 18.0 Å². The molecule has 0 saturated heterocycles. The van der Waals surface area contributed by atoms with Gasteiger partial charge in [0.05, 0.1) is 4.92 Å². The van der Waals surface area contributed by atoms with Crippen LogP contribution in [0.15, 0.2) is 18.2 Å². The molecule has 0 fully saturated rings. The van der Waals surface area contributed by atoms with Gasteiger partial charge in [0.25, 0.3) is 5.69 Å². The van der Waals surface area contributed by atoms with E-state index in [1.165, 1.54) is 12.1 Å². The summed E-state index contributed by atoms with van der Waals surface area (Å²) in [6.45, 7) is 4.42. The van der Waals surface area contributed by atoms with Gasteiger partial charge in [-0.15, -0.1) is 0 Å². The van der Waals surface area contributed by atoms with E-state index in [0.717, 1.165) is 11.3 Å². The van der Waals surface area contributed by atoms with Gasteiger partial charge in [-0.3, -0.25) is 14.9 Å². The standard InChI is InChI=1S/C13H18N2O4/c1-9(3-6-13(16)17)8-14-12-5-4-11(15(18)19)7-10(12)2/h4-5,7,9,14H,3,6,8H2,1-2H3,(H,16,17). The molecule has 0 aliphatic rings. The van der Waals surface area contributed by atoms with Crippen molar-refractivity contribution in [1.82, 2.24) is 0 Å². The largest absolute Gasteiger partial charge is 0.481 e. The number of carboxylic acids is 1. The van der Waals surface area contributed by atoms with Gasteiger partial charge in [0.2, 0.25) is 0 Å². The maximum Gasteiger partial charge on any atom is 0.303 e. The van der Waals surface area contributed by atoms with Crippen LogP contribution in [0.2, 0.25) is 0 Å². The number of hydrogen-bond donors (Lipinski definition) is 2. The van der Waals surface area contributed by atoms with Gasteiger partial charge in [0, 0.05) is 30.8 Å². The molecule has 0 aliphatic heterocycles. The summed E-state index contributed by atoms with van der Waals surface area (Å²) in [5, 5.41) is 22.4. The summed E-state index contributed by atoms with van der Waals surface area (Å²) in [7, 11) is 0. The molecule has 1 aromatic carbocycles. The van der Waals surface area contributed by atoms with E-state index < -0.39 is 10.9 Å². The first kappa shape index (κ1) is 14.9. The number of carboxylic acid groups (broad SMARTS) is 1. The molecular weight excluding hydrogens is 248 g/mol. The molecule has 2 N–H and O–H groups in total. The van der Waals surface area contributed by atoms with E-state index in [9.17, 15) is 14.9 Å². The van der Waals surface area contributed by atoms with Crippen LogP contribution in [0.25, 0.3) is 0 Å². The maximum absolute atomic E-state index is 10.6. The zero-order valence-electron chi connectivity index (χ0n) is 11.0. The summed E-state index contributed by atoms with van der Waals surface area (Å²) in [5.74, 6) is -0.566. The summed E-state index contributed by atoms with van der Waals surface area (Å²) < 4.78 is 0. The lowest BCUT2D eigenvalue weighted by atomic mass is 10.1. The first-order chi connectivity index (χ1) is 8.90. The van der Waals surface area contributed by atoms with E-state index in [2.05, 4.69) is 5.32 Å². The Balaban J connectivity index is 2.53. The van der Waals surface area contributed by atoms with Crippen molar-refractivity contribution in [3.63, 3.8) is 0 Å². The minimum absolute atomic E-state index is 0.0713. The molecule has 0 saturated carbocycles. The van der Waals surface area contributed by atoms with Gasteiger partial charge >= 0.3 is 5.97 Å². The Kier molecular flexibility index (Phi) is 5.29. The number of non-ortho nitro benzene ring substituents is 1. The van der Waals surface area contributed by atoms with Crippen LogP contribution < -0.4 is 5.32 Å². The van der Waals surface area contributed by atoms with Crippen molar-refractivity contribution in [3.05, 3.63) is 33.9 Å². The van der Waals surface area contributed by atoms with Crippen molar-refractivity contribution in [2.24, 2.45) is 5.92 Å². The van der Waals surface area contributed by atoms with E-state index in [1.807, 2.05) is 6.92 Å². The summed E-state index contributed by atoms with van der Waals surface area (Å²) in [5.41, 5.74) is 1.72. The highest BCUT2D eigenvalue weighted by Gasteiger charge is 2.09. The zero-order valence-corrected chi connectivity index (χ0v) is 11.0. The lowest BCUT2D eigenvalue weighted by Gasteiger charge is -2.14. The van der Waals surface area contributed by atoms with Gasteiger partial charge in [-0.05, 0) is 30.9 Å². The van der Waals surface area contributed by atoms with Crippen molar-refractivity contribution in [1.29, 1.82) is 0 Å². The molecule has 0 spiro atoms. The van der Waals surface area contributed by atoms with Crippen LogP contribution in [-0.2, 0) is 4.79 Å². The van der Waals surface area contributed by atoms with E-state index in [0.29, 0.717) is 13.0 Å². The smallest absolute Gasteiger partial charge is 0.303 e. The van der Waals surface area contributed by atoms with Gasteiger partial charge in [0.1, 0.15) is 0 Å². The molecule has 1 atom stereocenters. The number of nitrogens with zero attached hydrogens (tertiary/aromatic N) is 1. The Morgan fingerprint density at radius 1 is 1.53 bits per heavy atom. The van der Waals surface area contributed by atoms with Gasteiger partial charge in [0.15, 0.2) is 0 Å².